The molecule has 0 saturated heterocycles. The highest BCUT2D eigenvalue weighted by Crippen LogP contribution is 2.33. The Kier molecular flexibility index (Phi) is 1.65. The molecule has 2 heteroatoms. The van der Waals surface area contributed by atoms with E-state index in [1.165, 1.54) is 11.6 Å². The molecule has 1 nitrogen and oxygen atoms in total. The molecule has 0 bridgehead atoms. The maximum atomic E-state index is 12.8. The second-order valence-electron chi connectivity index (χ2n) is 3.55. The van der Waals surface area contributed by atoms with Crippen LogP contribution in [0.25, 0.3) is 0 Å². The lowest BCUT2D eigenvalue weighted by Gasteiger charge is -2.08. The van der Waals surface area contributed by atoms with Crippen molar-refractivity contribution in [3.05, 3.63) is 35.1 Å². The van der Waals surface area contributed by atoms with E-state index in [0.717, 1.165) is 12.0 Å². The molecule has 0 fully saturated rings. The zero-order valence-corrected chi connectivity index (χ0v) is 7.05. The second-order valence-corrected chi connectivity index (χ2v) is 3.55. The minimum Gasteiger partial charge on any atom is -0.324 e. The van der Waals surface area contributed by atoms with Gasteiger partial charge in [0.1, 0.15) is 5.82 Å². The van der Waals surface area contributed by atoms with Gasteiger partial charge in [-0.15, -0.1) is 0 Å². The Bertz CT molecular complexity index is 309. The molecule has 0 spiro atoms. The van der Waals surface area contributed by atoms with Crippen molar-refractivity contribution in [1.29, 1.82) is 0 Å². The number of hydrogen-bond acceptors (Lipinski definition) is 1. The van der Waals surface area contributed by atoms with Crippen molar-refractivity contribution in [3.63, 3.8) is 0 Å². The summed E-state index contributed by atoms with van der Waals surface area (Å²) >= 11 is 0. The molecule has 64 valence electrons. The van der Waals surface area contributed by atoms with Crippen LogP contribution < -0.4 is 5.73 Å². The minimum atomic E-state index is -0.182. The van der Waals surface area contributed by atoms with Gasteiger partial charge in [0.2, 0.25) is 0 Å². The number of nitrogens with two attached hydrogens (primary N) is 1. The molecule has 1 aliphatic carbocycles. The fourth-order valence-electron chi connectivity index (χ4n) is 1.84. The maximum absolute atomic E-state index is 12.8. The van der Waals surface area contributed by atoms with Crippen molar-refractivity contribution in [2.24, 2.45) is 11.7 Å². The molecule has 0 aliphatic heterocycles. The van der Waals surface area contributed by atoms with Gasteiger partial charge < -0.3 is 5.73 Å². The van der Waals surface area contributed by atoms with Gasteiger partial charge >= 0.3 is 0 Å². The highest BCUT2D eigenvalue weighted by molar-refractivity contribution is 5.35. The minimum absolute atomic E-state index is 0.0238. The fourth-order valence-corrected chi connectivity index (χ4v) is 1.84. The molecule has 2 rings (SSSR count). The lowest BCUT2D eigenvalue weighted by molar-refractivity contribution is 0.511. The van der Waals surface area contributed by atoms with Gasteiger partial charge in [-0.1, -0.05) is 13.0 Å². The van der Waals surface area contributed by atoms with Crippen molar-refractivity contribution >= 4 is 0 Å². The third-order valence-corrected chi connectivity index (χ3v) is 2.62. The van der Waals surface area contributed by atoms with Crippen molar-refractivity contribution in [1.82, 2.24) is 0 Å². The Morgan fingerprint density at radius 2 is 2.25 bits per heavy atom. The van der Waals surface area contributed by atoms with Crippen LogP contribution in [-0.2, 0) is 6.42 Å². The lowest BCUT2D eigenvalue weighted by Crippen LogP contribution is -2.13. The molecule has 12 heavy (non-hydrogen) atoms. The van der Waals surface area contributed by atoms with Crippen LogP contribution in [0, 0.1) is 11.7 Å². The molecule has 2 atom stereocenters. The zero-order valence-electron chi connectivity index (χ0n) is 7.05. The largest absolute Gasteiger partial charge is 0.324 e. The Hall–Kier alpha value is -0.890. The van der Waals surface area contributed by atoms with Crippen molar-refractivity contribution in [2.45, 2.75) is 19.4 Å². The molecule has 0 aromatic heterocycles. The van der Waals surface area contributed by atoms with Crippen LogP contribution in [0.3, 0.4) is 0 Å². The van der Waals surface area contributed by atoms with Gasteiger partial charge in [-0.3, -0.25) is 0 Å². The van der Waals surface area contributed by atoms with E-state index in [9.17, 15) is 4.39 Å². The molecular formula is C10H12FN. The van der Waals surface area contributed by atoms with Crippen LogP contribution in [0.4, 0.5) is 4.39 Å². The first-order valence-electron chi connectivity index (χ1n) is 4.22. The SMILES string of the molecule is C[C@H]1Cc2ccc(F)cc2[C@H]1N. The molecule has 1 aliphatic rings. The molecule has 0 unspecified atom stereocenters. The van der Waals surface area contributed by atoms with E-state index < -0.39 is 0 Å². The average molecular weight is 165 g/mol. The van der Waals surface area contributed by atoms with Crippen LogP contribution in [0.5, 0.6) is 0 Å². The Morgan fingerprint density at radius 3 is 3.00 bits per heavy atom. The normalized spacial score (nSPS) is 27.2. The fraction of sp³-hybridized carbons (Fsp3) is 0.400. The molecule has 1 aromatic rings. The molecule has 0 amide bonds. The van der Waals surface area contributed by atoms with E-state index in [0.29, 0.717) is 5.92 Å². The van der Waals surface area contributed by atoms with Crippen LogP contribution in [0.2, 0.25) is 0 Å². The Balaban J connectivity index is 2.48. The summed E-state index contributed by atoms with van der Waals surface area (Å²) < 4.78 is 12.8. The van der Waals surface area contributed by atoms with E-state index in [2.05, 4.69) is 6.92 Å². The quantitative estimate of drug-likeness (QED) is 0.625. The standard InChI is InChI=1S/C10H12FN/c1-6-4-7-2-3-8(11)5-9(7)10(6)12/h2-3,5-6,10H,4,12H2,1H3/t6-,10-/m0/s1. The van der Waals surface area contributed by atoms with E-state index >= 15 is 0 Å². The maximum Gasteiger partial charge on any atom is 0.123 e. The number of hydrogen-bond donors (Lipinski definition) is 1. The van der Waals surface area contributed by atoms with Crippen molar-refractivity contribution in [3.8, 4) is 0 Å². The van der Waals surface area contributed by atoms with Crippen molar-refractivity contribution < 1.29 is 4.39 Å². The number of halogens is 1. The third-order valence-electron chi connectivity index (χ3n) is 2.62. The van der Waals surface area contributed by atoms with Gasteiger partial charge in [0, 0.05) is 6.04 Å². The van der Waals surface area contributed by atoms with Gasteiger partial charge in [0.15, 0.2) is 0 Å². The van der Waals surface area contributed by atoms with Gasteiger partial charge in [-0.05, 0) is 35.6 Å². The van der Waals surface area contributed by atoms with E-state index in [1.54, 1.807) is 6.07 Å². The molecule has 0 saturated carbocycles. The van der Waals surface area contributed by atoms with Crippen molar-refractivity contribution in [2.75, 3.05) is 0 Å². The first-order valence-corrected chi connectivity index (χ1v) is 4.22. The predicted octanol–water partition coefficient (Wildman–Crippen LogP) is 2.02. The monoisotopic (exact) mass is 165 g/mol. The molecule has 2 N–H and O–H groups in total. The van der Waals surface area contributed by atoms with E-state index in [1.807, 2.05) is 6.07 Å². The van der Waals surface area contributed by atoms with Gasteiger partial charge in [-0.25, -0.2) is 4.39 Å². The molecule has 1 aromatic carbocycles. The summed E-state index contributed by atoms with van der Waals surface area (Å²) in [5.74, 6) is 0.264. The summed E-state index contributed by atoms with van der Waals surface area (Å²) in [5.41, 5.74) is 8.09. The average Bonchev–Trinajstić information content (AvgIpc) is 2.31. The third kappa shape index (κ3) is 1.03. The summed E-state index contributed by atoms with van der Waals surface area (Å²) in [5, 5.41) is 0. The van der Waals surface area contributed by atoms with E-state index in [-0.39, 0.29) is 11.9 Å². The summed E-state index contributed by atoms with van der Waals surface area (Å²) in [4.78, 5) is 0. The Labute approximate surface area is 71.4 Å². The van der Waals surface area contributed by atoms with Crippen LogP contribution in [0.15, 0.2) is 18.2 Å². The lowest BCUT2D eigenvalue weighted by atomic mass is 10.0. The number of rotatable bonds is 0. The number of benzene rings is 1. The first kappa shape index (κ1) is 7.74. The topological polar surface area (TPSA) is 26.0 Å². The van der Waals surface area contributed by atoms with E-state index in [4.69, 9.17) is 5.73 Å². The van der Waals surface area contributed by atoms with Gasteiger partial charge in [0.25, 0.3) is 0 Å². The van der Waals surface area contributed by atoms with Gasteiger partial charge in [-0.2, -0.15) is 0 Å². The molecule has 0 radical (unpaired) electrons. The van der Waals surface area contributed by atoms with Crippen LogP contribution >= 0.6 is 0 Å². The Morgan fingerprint density at radius 1 is 1.50 bits per heavy atom. The highest BCUT2D eigenvalue weighted by Gasteiger charge is 2.26. The summed E-state index contributed by atoms with van der Waals surface area (Å²) in [7, 11) is 0. The first-order chi connectivity index (χ1) is 5.68. The molecular weight excluding hydrogens is 153 g/mol. The summed E-state index contributed by atoms with van der Waals surface area (Å²) in [6, 6.07) is 4.93. The summed E-state index contributed by atoms with van der Waals surface area (Å²) in [6.45, 7) is 2.10. The molecule has 0 heterocycles. The number of fused-ring (bicyclic) bond motifs is 1. The second kappa shape index (κ2) is 2.56. The predicted molar refractivity (Wildman–Crippen MR) is 46.2 cm³/mol. The van der Waals surface area contributed by atoms with Gasteiger partial charge in [0.05, 0.1) is 0 Å². The highest BCUT2D eigenvalue weighted by atomic mass is 19.1. The van der Waals surface area contributed by atoms with Crippen LogP contribution in [-0.4, -0.2) is 0 Å². The van der Waals surface area contributed by atoms with Crippen LogP contribution in [0.1, 0.15) is 24.1 Å². The summed E-state index contributed by atoms with van der Waals surface area (Å²) in [6.07, 6.45) is 0.983. The smallest absolute Gasteiger partial charge is 0.123 e. The zero-order chi connectivity index (χ0) is 8.72.